The third kappa shape index (κ3) is 16.0. The quantitative estimate of drug-likeness (QED) is 0.0707. The molecule has 0 atom stereocenters. The fraction of sp³-hybridized carbons (Fsp3) is 0.0625. The first-order valence-electron chi connectivity index (χ1n) is 38.1. The van der Waals surface area contributed by atoms with E-state index in [4.69, 9.17) is 44.9 Å². The number of Topliss-reactive ketones (excluding diaryl/α,β-unsaturated/α-hetero) is 9. The van der Waals surface area contributed by atoms with Crippen LogP contribution in [0.3, 0.4) is 0 Å². The number of anilines is 6. The predicted molar refractivity (Wildman–Crippen MR) is 459 cm³/mol. The fourth-order valence-electron chi connectivity index (χ4n) is 13.4. The van der Waals surface area contributed by atoms with Crippen LogP contribution in [0, 0.1) is 20.8 Å². The molecule has 24 nitrogen and oxygen atoms in total. The van der Waals surface area contributed by atoms with Crippen molar-refractivity contribution < 1.29 is 43.2 Å². The van der Waals surface area contributed by atoms with Gasteiger partial charge in [0.05, 0.1) is 50.2 Å². The number of carbonyl (C=O) groups is 9. The number of nitrogens with zero attached hydrogens (tertiary/aromatic N) is 9. The van der Waals surface area contributed by atoms with Crippen LogP contribution in [0.25, 0.3) is 102 Å². The molecule has 10 aliphatic heterocycles. The summed E-state index contributed by atoms with van der Waals surface area (Å²) >= 11 is 0. The van der Waals surface area contributed by atoms with Crippen LogP contribution in [-0.4, -0.2) is 96.9 Å². The highest BCUT2D eigenvalue weighted by Gasteiger charge is 2.41. The zero-order chi connectivity index (χ0) is 83.4. The predicted octanol–water partition coefficient (Wildman–Crippen LogP) is 16.4. The van der Waals surface area contributed by atoms with Gasteiger partial charge in [-0.25, -0.2) is 44.9 Å². The molecule has 3 fully saturated rings. The van der Waals surface area contributed by atoms with Crippen molar-refractivity contribution in [3.05, 3.63) is 341 Å². The maximum atomic E-state index is 14.3. The van der Waals surface area contributed by atoms with Crippen molar-refractivity contribution in [2.75, 3.05) is 31.9 Å². The average Bonchev–Trinajstić information content (AvgIpc) is 0.785. The molecule has 0 amide bonds. The minimum atomic E-state index is -0.805. The molecule has 24 heteroatoms. The summed E-state index contributed by atoms with van der Waals surface area (Å²) < 4.78 is 0. The number of hydrogen-bond acceptors (Lipinski definition) is 24. The molecule has 0 radical (unpaired) electrons. The van der Waals surface area contributed by atoms with Crippen molar-refractivity contribution in [1.82, 2.24) is 44.9 Å². The van der Waals surface area contributed by atoms with E-state index in [1.165, 1.54) is 55.4 Å². The van der Waals surface area contributed by atoms with E-state index in [1.54, 1.807) is 166 Å². The van der Waals surface area contributed by atoms with Gasteiger partial charge in [-0.1, -0.05) is 108 Å². The molecule has 3 saturated carbocycles. The zero-order valence-corrected chi connectivity index (χ0v) is 65.2. The van der Waals surface area contributed by atoms with Gasteiger partial charge in [-0.3, -0.25) is 43.2 Å². The third-order valence-corrected chi connectivity index (χ3v) is 20.3. The number of aryl methyl sites for hydroxylation is 3. The van der Waals surface area contributed by atoms with Gasteiger partial charge in [0.2, 0.25) is 52.0 Å². The summed E-state index contributed by atoms with van der Waals surface area (Å²) in [6, 6.07) is 65.1. The van der Waals surface area contributed by atoms with Crippen molar-refractivity contribution >= 4 is 86.2 Å². The Labute approximate surface area is 687 Å². The zero-order valence-electron chi connectivity index (χ0n) is 65.2. The Morgan fingerprint density at radius 1 is 0.183 bits per heavy atom. The summed E-state index contributed by atoms with van der Waals surface area (Å²) in [6.45, 7) is 10.6. The maximum absolute atomic E-state index is 14.3. The molecule has 6 N–H and O–H groups in total. The molecular formula is C96H69N15O9. The molecule has 25 rings (SSSR count). The van der Waals surface area contributed by atoms with Crippen molar-refractivity contribution in [1.29, 1.82) is 0 Å². The molecule has 9 aromatic carbocycles. The Morgan fingerprint density at radius 2 is 0.308 bits per heavy atom. The first-order chi connectivity index (χ1) is 58.2. The molecule has 24 bridgehead atoms. The van der Waals surface area contributed by atoms with Crippen molar-refractivity contribution in [3.8, 4) is 102 Å². The van der Waals surface area contributed by atoms with E-state index in [2.05, 4.69) is 31.9 Å². The number of nitrogens with one attached hydrogen (secondary N) is 6. The number of rotatable bonds is 3. The second-order valence-electron chi connectivity index (χ2n) is 28.3. The second kappa shape index (κ2) is 33.1. The Morgan fingerprint density at radius 3 is 0.433 bits per heavy atom. The Kier molecular flexibility index (Phi) is 21.4. The second-order valence-corrected chi connectivity index (χ2v) is 28.3. The van der Waals surface area contributed by atoms with E-state index in [-0.39, 0.29) is 50.2 Å². The summed E-state index contributed by atoms with van der Waals surface area (Å²) in [6.07, 6.45) is 11.8. The van der Waals surface area contributed by atoms with Crippen LogP contribution in [0.5, 0.6) is 0 Å². The van der Waals surface area contributed by atoms with Crippen LogP contribution in [0.4, 0.5) is 34.1 Å². The molecule has 13 aliphatic rings. The largest absolute Gasteiger partial charge is 0.361 e. The first kappa shape index (κ1) is 77.4. The lowest BCUT2D eigenvalue weighted by Gasteiger charge is -2.18. The lowest BCUT2D eigenvalue weighted by atomic mass is 9.83. The van der Waals surface area contributed by atoms with Gasteiger partial charge < -0.3 is 31.9 Å². The number of carbonyl (C=O) groups excluding carboxylic acids is 9. The minimum Gasteiger partial charge on any atom is -0.361 e. The average molecular weight is 1580 g/mol. The van der Waals surface area contributed by atoms with Crippen LogP contribution in [0.15, 0.2) is 324 Å². The third-order valence-electron chi connectivity index (χ3n) is 20.3. The summed E-state index contributed by atoms with van der Waals surface area (Å²) in [4.78, 5) is 170. The number of hydrogen-bond donors (Lipinski definition) is 6. The van der Waals surface area contributed by atoms with E-state index >= 15 is 0 Å². The normalized spacial score (nSPS) is 18.2. The van der Waals surface area contributed by atoms with Gasteiger partial charge in [0.25, 0.3) is 0 Å². The monoisotopic (exact) mass is 1580 g/mol. The van der Waals surface area contributed by atoms with Gasteiger partial charge in [-0.15, -0.1) is 0 Å². The van der Waals surface area contributed by atoms with Gasteiger partial charge >= 0.3 is 0 Å². The topological polar surface area (TPSA) is 342 Å². The van der Waals surface area contributed by atoms with Crippen LogP contribution >= 0.6 is 0 Å². The van der Waals surface area contributed by atoms with E-state index in [0.29, 0.717) is 120 Å². The van der Waals surface area contributed by atoms with E-state index in [0.717, 1.165) is 33.4 Å². The van der Waals surface area contributed by atoms with E-state index < -0.39 is 52.0 Å². The van der Waals surface area contributed by atoms with Gasteiger partial charge in [0.1, 0.15) is 0 Å². The number of benzene rings is 9. The van der Waals surface area contributed by atoms with Crippen LogP contribution in [-0.2, 0) is 43.2 Å². The van der Waals surface area contributed by atoms with Crippen LogP contribution in [0.1, 0.15) is 37.5 Å². The van der Waals surface area contributed by atoms with Gasteiger partial charge in [0, 0.05) is 121 Å². The molecule has 12 aromatic rings. The number of ketones is 9. The van der Waals surface area contributed by atoms with Gasteiger partial charge in [0.15, 0.2) is 52.4 Å². The van der Waals surface area contributed by atoms with Crippen molar-refractivity contribution in [2.24, 2.45) is 0 Å². The van der Waals surface area contributed by atoms with Crippen LogP contribution in [0.2, 0.25) is 0 Å². The molecule has 0 unspecified atom stereocenters. The van der Waals surface area contributed by atoms with Crippen molar-refractivity contribution in [2.45, 2.75) is 41.5 Å². The van der Waals surface area contributed by atoms with Crippen LogP contribution < -0.4 is 31.9 Å². The summed E-state index contributed by atoms with van der Waals surface area (Å²) in [5.41, 5.74) is 9.50. The van der Waals surface area contributed by atoms with Gasteiger partial charge in [-0.2, -0.15) is 0 Å². The molecule has 0 saturated heterocycles. The Bertz CT molecular complexity index is 5680. The lowest BCUT2D eigenvalue weighted by molar-refractivity contribution is -0.126. The maximum Gasteiger partial charge on any atom is 0.203 e. The highest BCUT2D eigenvalue weighted by Crippen LogP contribution is 2.35. The summed E-state index contributed by atoms with van der Waals surface area (Å²) in [5, 5.41) is 18.5. The molecule has 3 aliphatic carbocycles. The van der Waals surface area contributed by atoms with Gasteiger partial charge in [-0.05, 0) is 187 Å². The number of allylic oxidation sites excluding steroid dienone is 12. The minimum absolute atomic E-state index is 0.190. The molecule has 0 spiro atoms. The molecule has 3 aromatic heterocycles. The summed E-state index contributed by atoms with van der Waals surface area (Å²) in [5.74, 6) is -3.85. The molecule has 13 heterocycles. The number of aromatic nitrogens is 9. The Balaban J connectivity index is 0.736. The molecular weight excluding hydrogens is 1510 g/mol. The van der Waals surface area contributed by atoms with Crippen molar-refractivity contribution in [3.63, 3.8) is 0 Å². The molecule has 120 heavy (non-hydrogen) atoms. The van der Waals surface area contributed by atoms with E-state index in [1.807, 2.05) is 93.6 Å². The highest BCUT2D eigenvalue weighted by atomic mass is 16.2. The standard InChI is InChI=1S/C96H69N15O9/c1-7-70-79(112)73-46-97-64-34-22-58(23-35-64)91-103-88(55-16-10-52(4)11-17-55)105-93(109-91)60-26-38-66(39-27-60)99-48-75-81(114)71(8-2)83(116)77(86(75)119)50-101-68-42-30-62(31-43-68)95-107-90(57-20-14-54(6)15-21-57)108-96(111-95)63-32-44-69(45-33-63)102-51-78-84(117)72(9-3)82(115)76(87(78)120)49-100-67-40-28-61(29-41-67)94-106-89(56-18-12-53(5)13-19-56)104-92(110-94)59-24-36-65(37-25-59)98-47-74(80(70)113)85(73)118/h7-51,97-102H,1-6H3/b70-7?,71-8?,72-9?,73-46-,74-47+,75-48+,76-49-,77-50-,78-51+. The van der Waals surface area contributed by atoms with E-state index in [9.17, 15) is 43.2 Å². The SMILES string of the molecule is CC=C1C(=O)/C2=C/Nc3ccc(cc3)-c3nc(-c4ccc(C)cc4)nc(n3)-c3ccc(cc3)N/C=C3\C(=O)C(=CC)C(=O)/C(=C/Nc4ccc(cc4)-c4nc(-c5ccc(C)cc5)nc(n4)-c4ccc(cc4)N/C=C4\C(=O)C(=CC)C(=O)/C(=C/Nc5ccc(cc5)-c5nc(-c6ccc(C)cc6)nc(n5)-c5ccc(cc5)N/C=C(\C1=O)C2=O)C4=O)C3=O. The lowest BCUT2D eigenvalue weighted by Crippen LogP contribution is -2.32. The fourth-order valence-corrected chi connectivity index (χ4v) is 13.4. The molecule has 582 valence electrons. The first-order valence-corrected chi connectivity index (χ1v) is 38.1. The highest BCUT2D eigenvalue weighted by molar-refractivity contribution is 6.53. The smallest absolute Gasteiger partial charge is 0.203 e. The summed E-state index contributed by atoms with van der Waals surface area (Å²) in [7, 11) is 0. The Hall–Kier alpha value is -16.5.